The first-order valence-electron chi connectivity index (χ1n) is 8.48. The highest BCUT2D eigenvalue weighted by atomic mass is 16.5. The van der Waals surface area contributed by atoms with Gasteiger partial charge in [-0.05, 0) is 50.1 Å². The third-order valence-corrected chi connectivity index (χ3v) is 5.57. The van der Waals surface area contributed by atoms with Crippen LogP contribution in [0.2, 0.25) is 0 Å². The zero-order chi connectivity index (χ0) is 14.6. The Bertz CT molecular complexity index is 293. The van der Waals surface area contributed by atoms with Crippen molar-refractivity contribution in [2.75, 3.05) is 40.3 Å². The van der Waals surface area contributed by atoms with Crippen molar-refractivity contribution in [1.82, 2.24) is 10.2 Å². The van der Waals surface area contributed by atoms with Crippen molar-refractivity contribution in [3.63, 3.8) is 0 Å². The molecule has 2 fully saturated rings. The van der Waals surface area contributed by atoms with E-state index in [1.54, 1.807) is 0 Å². The van der Waals surface area contributed by atoms with Gasteiger partial charge in [0, 0.05) is 26.7 Å². The van der Waals surface area contributed by atoms with Gasteiger partial charge in [0.1, 0.15) is 0 Å². The van der Waals surface area contributed by atoms with Gasteiger partial charge in [0.25, 0.3) is 0 Å². The number of ether oxygens (including phenoxy) is 1. The molecule has 4 atom stereocenters. The Morgan fingerprint density at radius 2 is 2.10 bits per heavy atom. The highest BCUT2D eigenvalue weighted by Gasteiger charge is 2.37. The van der Waals surface area contributed by atoms with Crippen molar-refractivity contribution in [3.8, 4) is 0 Å². The van der Waals surface area contributed by atoms with Gasteiger partial charge in [-0.2, -0.15) is 0 Å². The quantitative estimate of drug-likeness (QED) is 0.839. The van der Waals surface area contributed by atoms with E-state index in [1.165, 1.54) is 51.7 Å². The second-order valence-corrected chi connectivity index (χ2v) is 7.51. The van der Waals surface area contributed by atoms with Crippen LogP contribution < -0.4 is 5.32 Å². The first-order valence-corrected chi connectivity index (χ1v) is 8.48. The summed E-state index contributed by atoms with van der Waals surface area (Å²) in [5.41, 5.74) is 0.491. The lowest BCUT2D eigenvalue weighted by molar-refractivity contribution is -0.0253. The standard InChI is InChI=1S/C17H34N2O/c1-14-6-5-8-17(10-14,12-18-3)13-19-9-7-15(2)16(11-19)20-4/h14-16,18H,5-13H2,1-4H3. The van der Waals surface area contributed by atoms with Crippen molar-refractivity contribution in [2.24, 2.45) is 17.3 Å². The van der Waals surface area contributed by atoms with Crippen LogP contribution in [0.5, 0.6) is 0 Å². The Hall–Kier alpha value is -0.120. The first kappa shape index (κ1) is 16.3. The van der Waals surface area contributed by atoms with Crippen LogP contribution in [-0.2, 0) is 4.74 Å². The fourth-order valence-corrected chi connectivity index (χ4v) is 4.53. The molecule has 0 radical (unpaired) electrons. The Kier molecular flexibility index (Phi) is 5.88. The van der Waals surface area contributed by atoms with Crippen LogP contribution in [0.15, 0.2) is 0 Å². The molecule has 2 aliphatic rings. The minimum absolute atomic E-state index is 0.427. The normalized spacial score (nSPS) is 39.9. The lowest BCUT2D eigenvalue weighted by Gasteiger charge is -2.46. The Labute approximate surface area is 125 Å². The molecule has 1 N–H and O–H groups in total. The van der Waals surface area contributed by atoms with Crippen LogP contribution >= 0.6 is 0 Å². The summed E-state index contributed by atoms with van der Waals surface area (Å²) in [5, 5.41) is 3.46. The maximum atomic E-state index is 5.68. The molecule has 0 aromatic rings. The van der Waals surface area contributed by atoms with Gasteiger partial charge in [-0.25, -0.2) is 0 Å². The van der Waals surface area contributed by atoms with Crippen molar-refractivity contribution in [1.29, 1.82) is 0 Å². The van der Waals surface area contributed by atoms with E-state index in [2.05, 4.69) is 31.1 Å². The summed E-state index contributed by atoms with van der Waals surface area (Å²) < 4.78 is 5.68. The first-order chi connectivity index (χ1) is 9.58. The number of nitrogens with zero attached hydrogens (tertiary/aromatic N) is 1. The van der Waals surface area contributed by atoms with Crippen LogP contribution in [0, 0.1) is 17.3 Å². The number of methoxy groups -OCH3 is 1. The summed E-state index contributed by atoms with van der Waals surface area (Å²) in [6.07, 6.45) is 7.31. The predicted octanol–water partition coefficient (Wildman–Crippen LogP) is 2.76. The fraction of sp³-hybridized carbons (Fsp3) is 1.00. The second-order valence-electron chi connectivity index (χ2n) is 7.51. The van der Waals surface area contributed by atoms with E-state index in [9.17, 15) is 0 Å². The Morgan fingerprint density at radius 3 is 2.75 bits per heavy atom. The molecule has 1 saturated carbocycles. The van der Waals surface area contributed by atoms with Gasteiger partial charge < -0.3 is 15.0 Å². The number of hydrogen-bond acceptors (Lipinski definition) is 3. The molecule has 3 nitrogen and oxygen atoms in total. The maximum Gasteiger partial charge on any atom is 0.0724 e. The molecular formula is C17H34N2O. The van der Waals surface area contributed by atoms with Crippen molar-refractivity contribution in [3.05, 3.63) is 0 Å². The molecule has 2 rings (SSSR count). The van der Waals surface area contributed by atoms with E-state index in [0.717, 1.165) is 12.5 Å². The number of nitrogens with one attached hydrogen (secondary N) is 1. The van der Waals surface area contributed by atoms with E-state index < -0.39 is 0 Å². The molecule has 0 spiro atoms. The lowest BCUT2D eigenvalue weighted by atomic mass is 9.69. The monoisotopic (exact) mass is 282 g/mol. The van der Waals surface area contributed by atoms with Crippen LogP contribution in [-0.4, -0.2) is 51.3 Å². The average Bonchev–Trinajstić information content (AvgIpc) is 2.41. The SMILES string of the molecule is CNCC1(CN2CCC(C)C(OC)C2)CCCC(C)C1. The smallest absolute Gasteiger partial charge is 0.0724 e. The van der Waals surface area contributed by atoms with Gasteiger partial charge in [-0.1, -0.05) is 26.7 Å². The molecular weight excluding hydrogens is 248 g/mol. The second kappa shape index (κ2) is 7.24. The van der Waals surface area contributed by atoms with Gasteiger partial charge in [0.2, 0.25) is 0 Å². The predicted molar refractivity (Wildman–Crippen MR) is 85.0 cm³/mol. The van der Waals surface area contributed by atoms with Gasteiger partial charge in [-0.3, -0.25) is 0 Å². The minimum Gasteiger partial charge on any atom is -0.380 e. The summed E-state index contributed by atoms with van der Waals surface area (Å²) >= 11 is 0. The van der Waals surface area contributed by atoms with Crippen molar-refractivity contribution < 1.29 is 4.74 Å². The zero-order valence-electron chi connectivity index (χ0n) is 14.0. The lowest BCUT2D eigenvalue weighted by Crippen LogP contribution is -2.51. The van der Waals surface area contributed by atoms with Crippen LogP contribution in [0.3, 0.4) is 0 Å². The fourth-order valence-electron chi connectivity index (χ4n) is 4.53. The highest BCUT2D eigenvalue weighted by Crippen LogP contribution is 2.40. The molecule has 1 aliphatic heterocycles. The highest BCUT2D eigenvalue weighted by molar-refractivity contribution is 4.91. The number of hydrogen-bond donors (Lipinski definition) is 1. The van der Waals surface area contributed by atoms with E-state index >= 15 is 0 Å². The van der Waals surface area contributed by atoms with Gasteiger partial charge >= 0.3 is 0 Å². The molecule has 0 aromatic carbocycles. The molecule has 118 valence electrons. The van der Waals surface area contributed by atoms with E-state index in [1.807, 2.05) is 7.11 Å². The van der Waals surface area contributed by atoms with Gasteiger partial charge in [-0.15, -0.1) is 0 Å². The molecule has 3 heteroatoms. The molecule has 1 heterocycles. The number of rotatable bonds is 5. The number of likely N-dealkylation sites (tertiary alicyclic amines) is 1. The summed E-state index contributed by atoms with van der Waals surface area (Å²) in [5.74, 6) is 1.60. The Morgan fingerprint density at radius 1 is 1.30 bits per heavy atom. The van der Waals surface area contributed by atoms with Crippen molar-refractivity contribution >= 4 is 0 Å². The van der Waals surface area contributed by atoms with Crippen molar-refractivity contribution in [2.45, 2.75) is 52.1 Å². The van der Waals surface area contributed by atoms with E-state index in [0.29, 0.717) is 17.4 Å². The zero-order valence-corrected chi connectivity index (χ0v) is 14.0. The third kappa shape index (κ3) is 3.96. The third-order valence-electron chi connectivity index (χ3n) is 5.57. The van der Waals surface area contributed by atoms with Crippen LogP contribution in [0.1, 0.15) is 46.0 Å². The van der Waals surface area contributed by atoms with Crippen LogP contribution in [0.4, 0.5) is 0 Å². The number of piperidine rings is 1. The Balaban J connectivity index is 1.97. The largest absolute Gasteiger partial charge is 0.380 e. The van der Waals surface area contributed by atoms with Crippen LogP contribution in [0.25, 0.3) is 0 Å². The molecule has 4 unspecified atom stereocenters. The average molecular weight is 282 g/mol. The summed E-state index contributed by atoms with van der Waals surface area (Å²) in [6.45, 7) is 9.56. The summed E-state index contributed by atoms with van der Waals surface area (Å²) in [7, 11) is 3.98. The topological polar surface area (TPSA) is 24.5 Å². The molecule has 0 bridgehead atoms. The minimum atomic E-state index is 0.427. The summed E-state index contributed by atoms with van der Waals surface area (Å²) in [4.78, 5) is 2.67. The van der Waals surface area contributed by atoms with Gasteiger partial charge in [0.15, 0.2) is 0 Å². The molecule has 0 aromatic heterocycles. The molecule has 1 aliphatic carbocycles. The van der Waals surface area contributed by atoms with E-state index in [-0.39, 0.29) is 0 Å². The summed E-state index contributed by atoms with van der Waals surface area (Å²) in [6, 6.07) is 0. The molecule has 20 heavy (non-hydrogen) atoms. The molecule has 0 amide bonds. The van der Waals surface area contributed by atoms with Gasteiger partial charge in [0.05, 0.1) is 6.10 Å². The molecule has 1 saturated heterocycles. The maximum absolute atomic E-state index is 5.68. The van der Waals surface area contributed by atoms with E-state index in [4.69, 9.17) is 4.74 Å².